The van der Waals surface area contributed by atoms with Crippen LogP contribution < -0.4 is 5.32 Å². The molecule has 1 N–H and O–H groups in total. The molecule has 0 radical (unpaired) electrons. The van der Waals surface area contributed by atoms with Gasteiger partial charge in [-0.2, -0.15) is 0 Å². The smallest absolute Gasteiger partial charge is 0.270 e. The van der Waals surface area contributed by atoms with Crippen molar-refractivity contribution in [2.75, 3.05) is 19.6 Å². The highest BCUT2D eigenvalue weighted by atomic mass is 35.5. The Morgan fingerprint density at radius 3 is 2.92 bits per heavy atom. The van der Waals surface area contributed by atoms with Gasteiger partial charge in [0.1, 0.15) is 10.7 Å². The lowest BCUT2D eigenvalue weighted by molar-refractivity contribution is 0.0907. The van der Waals surface area contributed by atoms with E-state index in [-0.39, 0.29) is 11.9 Å². The van der Waals surface area contributed by atoms with Gasteiger partial charge in [-0.05, 0) is 37.9 Å². The number of nitrogens with one attached hydrogen (secondary N) is 1. The summed E-state index contributed by atoms with van der Waals surface area (Å²) in [5.74, 6) is -0.0755. The second kappa shape index (κ2) is 8.10. The molecule has 1 aliphatic rings. The maximum atomic E-state index is 12.4. The fourth-order valence-corrected chi connectivity index (χ4v) is 4.00. The van der Waals surface area contributed by atoms with Gasteiger partial charge in [-0.15, -0.1) is 11.3 Å². The number of hydrogen-bond acceptors (Lipinski definition) is 4. The molecule has 0 unspecified atom stereocenters. The van der Waals surface area contributed by atoms with Gasteiger partial charge in [0.25, 0.3) is 5.91 Å². The third-order valence-electron chi connectivity index (χ3n) is 4.27. The number of amides is 1. The predicted molar refractivity (Wildman–Crippen MR) is 99.8 cm³/mol. The SMILES string of the molecule is CCCN1CCC(NC(=O)c2csc(-c3cccc(Cl)c3)n2)CC1. The van der Waals surface area contributed by atoms with E-state index >= 15 is 0 Å². The van der Waals surface area contributed by atoms with Crippen molar-refractivity contribution >= 4 is 28.8 Å². The van der Waals surface area contributed by atoms with E-state index in [0.717, 1.165) is 43.0 Å². The summed E-state index contributed by atoms with van der Waals surface area (Å²) < 4.78 is 0. The average Bonchev–Trinajstić information content (AvgIpc) is 3.07. The number of aromatic nitrogens is 1. The second-order valence-corrected chi connectivity index (χ2v) is 7.43. The zero-order valence-corrected chi connectivity index (χ0v) is 15.4. The number of rotatable bonds is 5. The molecule has 1 aliphatic heterocycles. The Hall–Kier alpha value is -1.43. The van der Waals surface area contributed by atoms with Gasteiger partial charge in [-0.3, -0.25) is 4.79 Å². The Bertz CT molecular complexity index is 695. The molecule has 1 saturated heterocycles. The number of halogens is 1. The van der Waals surface area contributed by atoms with Crippen molar-refractivity contribution in [3.63, 3.8) is 0 Å². The van der Waals surface area contributed by atoms with E-state index in [2.05, 4.69) is 22.1 Å². The van der Waals surface area contributed by atoms with E-state index in [1.165, 1.54) is 17.8 Å². The molecule has 4 nitrogen and oxygen atoms in total. The van der Waals surface area contributed by atoms with Gasteiger partial charge >= 0.3 is 0 Å². The first kappa shape index (κ1) is 17.4. The van der Waals surface area contributed by atoms with Gasteiger partial charge in [0.15, 0.2) is 0 Å². The molecule has 0 bridgehead atoms. The van der Waals surface area contributed by atoms with Crippen LogP contribution in [0.15, 0.2) is 29.6 Å². The van der Waals surface area contributed by atoms with Crippen molar-refractivity contribution in [3.8, 4) is 10.6 Å². The topological polar surface area (TPSA) is 45.2 Å². The second-order valence-electron chi connectivity index (χ2n) is 6.14. The molecular weight excluding hydrogens is 342 g/mol. The normalized spacial score (nSPS) is 16.2. The van der Waals surface area contributed by atoms with Crippen LogP contribution in [0.2, 0.25) is 5.02 Å². The Kier molecular flexibility index (Phi) is 5.87. The first-order chi connectivity index (χ1) is 11.7. The Morgan fingerprint density at radius 1 is 1.42 bits per heavy atom. The summed E-state index contributed by atoms with van der Waals surface area (Å²) in [4.78, 5) is 19.4. The molecule has 2 heterocycles. The summed E-state index contributed by atoms with van der Waals surface area (Å²) in [5, 5.41) is 6.44. The Morgan fingerprint density at radius 2 is 2.21 bits per heavy atom. The zero-order valence-electron chi connectivity index (χ0n) is 13.8. The predicted octanol–water partition coefficient (Wildman–Crippen LogP) is 4.07. The number of nitrogens with zero attached hydrogens (tertiary/aromatic N) is 2. The van der Waals surface area contributed by atoms with Crippen molar-refractivity contribution in [1.29, 1.82) is 0 Å². The zero-order chi connectivity index (χ0) is 16.9. The van der Waals surface area contributed by atoms with Gasteiger partial charge in [0.05, 0.1) is 0 Å². The van der Waals surface area contributed by atoms with Crippen LogP contribution in [-0.2, 0) is 0 Å². The Labute approximate surface area is 151 Å². The average molecular weight is 364 g/mol. The van der Waals surface area contributed by atoms with E-state index < -0.39 is 0 Å². The number of hydrogen-bond donors (Lipinski definition) is 1. The largest absolute Gasteiger partial charge is 0.348 e. The van der Waals surface area contributed by atoms with Crippen LogP contribution in [0.25, 0.3) is 10.6 Å². The van der Waals surface area contributed by atoms with Gasteiger partial charge < -0.3 is 10.2 Å². The lowest BCUT2D eigenvalue weighted by atomic mass is 10.0. The van der Waals surface area contributed by atoms with E-state index in [1.807, 2.05) is 29.6 Å². The molecule has 1 aromatic carbocycles. The minimum Gasteiger partial charge on any atom is -0.348 e. The summed E-state index contributed by atoms with van der Waals surface area (Å²) in [6, 6.07) is 7.79. The number of likely N-dealkylation sites (tertiary alicyclic amines) is 1. The lowest BCUT2D eigenvalue weighted by Crippen LogP contribution is -2.44. The van der Waals surface area contributed by atoms with Crippen LogP contribution in [0.1, 0.15) is 36.7 Å². The molecular formula is C18H22ClN3OS. The van der Waals surface area contributed by atoms with Crippen LogP contribution in [-0.4, -0.2) is 41.5 Å². The van der Waals surface area contributed by atoms with Crippen LogP contribution in [0.3, 0.4) is 0 Å². The summed E-state index contributed by atoms with van der Waals surface area (Å²) in [6.45, 7) is 5.47. The van der Waals surface area contributed by atoms with Crippen molar-refractivity contribution in [1.82, 2.24) is 15.2 Å². The number of piperidine rings is 1. The summed E-state index contributed by atoms with van der Waals surface area (Å²) in [5.41, 5.74) is 1.44. The maximum Gasteiger partial charge on any atom is 0.270 e. The van der Waals surface area contributed by atoms with E-state index in [4.69, 9.17) is 11.6 Å². The lowest BCUT2D eigenvalue weighted by Gasteiger charge is -2.31. The molecule has 24 heavy (non-hydrogen) atoms. The first-order valence-electron chi connectivity index (χ1n) is 8.40. The van der Waals surface area contributed by atoms with E-state index in [0.29, 0.717) is 10.7 Å². The number of thiazole rings is 1. The molecule has 1 fully saturated rings. The highest BCUT2D eigenvalue weighted by molar-refractivity contribution is 7.13. The van der Waals surface area contributed by atoms with E-state index in [9.17, 15) is 4.79 Å². The van der Waals surface area contributed by atoms with Crippen molar-refractivity contribution < 1.29 is 4.79 Å². The van der Waals surface area contributed by atoms with Gasteiger partial charge in [0.2, 0.25) is 0 Å². The quantitative estimate of drug-likeness (QED) is 0.871. The summed E-state index contributed by atoms with van der Waals surface area (Å²) >= 11 is 7.49. The monoisotopic (exact) mass is 363 g/mol. The molecule has 3 rings (SSSR count). The third-order valence-corrected chi connectivity index (χ3v) is 5.40. The van der Waals surface area contributed by atoms with E-state index in [1.54, 1.807) is 0 Å². The molecule has 0 saturated carbocycles. The number of carbonyl (C=O) groups is 1. The van der Waals surface area contributed by atoms with Crippen molar-refractivity contribution in [3.05, 3.63) is 40.4 Å². The molecule has 1 amide bonds. The molecule has 128 valence electrons. The fourth-order valence-electron chi connectivity index (χ4n) is 3.01. The molecule has 2 aromatic rings. The van der Waals surface area contributed by atoms with Gasteiger partial charge in [-0.25, -0.2) is 4.98 Å². The minimum absolute atomic E-state index is 0.0755. The number of carbonyl (C=O) groups excluding carboxylic acids is 1. The molecule has 0 aliphatic carbocycles. The van der Waals surface area contributed by atoms with Crippen LogP contribution in [0.5, 0.6) is 0 Å². The van der Waals surface area contributed by atoms with Crippen molar-refractivity contribution in [2.24, 2.45) is 0 Å². The highest BCUT2D eigenvalue weighted by Crippen LogP contribution is 2.26. The fraction of sp³-hybridized carbons (Fsp3) is 0.444. The molecule has 0 spiro atoms. The Balaban J connectivity index is 1.58. The molecule has 1 aromatic heterocycles. The van der Waals surface area contributed by atoms with Gasteiger partial charge in [0, 0.05) is 35.1 Å². The van der Waals surface area contributed by atoms with Crippen LogP contribution in [0, 0.1) is 0 Å². The summed E-state index contributed by atoms with van der Waals surface area (Å²) in [7, 11) is 0. The third kappa shape index (κ3) is 4.35. The van der Waals surface area contributed by atoms with Crippen LogP contribution in [0.4, 0.5) is 0 Å². The number of benzene rings is 1. The molecule has 6 heteroatoms. The minimum atomic E-state index is -0.0755. The first-order valence-corrected chi connectivity index (χ1v) is 9.66. The molecule has 0 atom stereocenters. The van der Waals surface area contributed by atoms with Crippen molar-refractivity contribution in [2.45, 2.75) is 32.2 Å². The standard InChI is InChI=1S/C18H22ClN3OS/c1-2-8-22-9-6-15(7-10-22)20-17(23)16-12-24-18(21-16)13-4-3-5-14(19)11-13/h3-5,11-12,15H,2,6-10H2,1H3,(H,20,23). The van der Waals surface area contributed by atoms with Crippen LogP contribution >= 0.6 is 22.9 Å². The summed E-state index contributed by atoms with van der Waals surface area (Å²) in [6.07, 6.45) is 3.20. The maximum absolute atomic E-state index is 12.4. The highest BCUT2D eigenvalue weighted by Gasteiger charge is 2.21. The van der Waals surface area contributed by atoms with Gasteiger partial charge in [-0.1, -0.05) is 30.7 Å².